The molecule has 1 N–H and O–H groups in total. The summed E-state index contributed by atoms with van der Waals surface area (Å²) >= 11 is 6.24. The average Bonchev–Trinajstić information content (AvgIpc) is 2.30. The van der Waals surface area contributed by atoms with Gasteiger partial charge in [0, 0.05) is 18.6 Å². The highest BCUT2D eigenvalue weighted by atomic mass is 35.5. The highest BCUT2D eigenvalue weighted by Gasteiger charge is 2.25. The van der Waals surface area contributed by atoms with E-state index in [1.807, 2.05) is 19.2 Å². The van der Waals surface area contributed by atoms with Crippen molar-refractivity contribution in [3.05, 3.63) is 29.3 Å². The molecular weight excluding hydrogens is 220 g/mol. The minimum Gasteiger partial charge on any atom is -0.368 e. The Hall–Kier alpha value is -0.730. The maximum absolute atomic E-state index is 6.24. The maximum atomic E-state index is 6.24. The van der Waals surface area contributed by atoms with Gasteiger partial charge in [-0.15, -0.1) is 0 Å². The molecular formula is C13H19ClN2. The van der Waals surface area contributed by atoms with E-state index >= 15 is 0 Å². The van der Waals surface area contributed by atoms with Crippen molar-refractivity contribution in [3.63, 3.8) is 0 Å². The molecule has 3 heteroatoms. The molecule has 0 bridgehead atoms. The van der Waals surface area contributed by atoms with Crippen LogP contribution in [0.15, 0.2) is 24.3 Å². The fourth-order valence-corrected chi connectivity index (χ4v) is 2.72. The van der Waals surface area contributed by atoms with E-state index in [4.69, 9.17) is 11.6 Å². The van der Waals surface area contributed by atoms with E-state index in [1.165, 1.54) is 18.5 Å². The van der Waals surface area contributed by atoms with Gasteiger partial charge in [0.15, 0.2) is 0 Å². The van der Waals surface area contributed by atoms with E-state index in [1.54, 1.807) is 0 Å². The lowest BCUT2D eigenvalue weighted by atomic mass is 9.98. The number of halogens is 1. The molecule has 1 aliphatic rings. The highest BCUT2D eigenvalue weighted by Crippen LogP contribution is 2.30. The molecule has 0 aliphatic carbocycles. The lowest BCUT2D eigenvalue weighted by Gasteiger charge is -2.39. The summed E-state index contributed by atoms with van der Waals surface area (Å²) in [6.07, 6.45) is 2.37. The van der Waals surface area contributed by atoms with Gasteiger partial charge < -0.3 is 10.2 Å². The largest absolute Gasteiger partial charge is 0.368 e. The van der Waals surface area contributed by atoms with E-state index in [2.05, 4.69) is 29.3 Å². The first kappa shape index (κ1) is 11.7. The molecule has 1 heterocycles. The number of hydrogen-bond acceptors (Lipinski definition) is 2. The third-order valence-corrected chi connectivity index (χ3v) is 3.77. The lowest BCUT2D eigenvalue weighted by Crippen LogP contribution is -2.46. The molecule has 2 rings (SSSR count). The summed E-state index contributed by atoms with van der Waals surface area (Å²) in [5.74, 6) is 0. The van der Waals surface area contributed by atoms with E-state index in [-0.39, 0.29) is 0 Å². The van der Waals surface area contributed by atoms with Gasteiger partial charge in [-0.05, 0) is 38.9 Å². The molecule has 1 aromatic carbocycles. The number of anilines is 1. The Kier molecular flexibility index (Phi) is 3.72. The van der Waals surface area contributed by atoms with Crippen LogP contribution in [0.25, 0.3) is 0 Å². The summed E-state index contributed by atoms with van der Waals surface area (Å²) < 4.78 is 0. The molecule has 1 fully saturated rings. The number of piperidine rings is 1. The zero-order chi connectivity index (χ0) is 11.5. The summed E-state index contributed by atoms with van der Waals surface area (Å²) in [5.41, 5.74) is 1.17. The molecule has 1 aliphatic heterocycles. The molecule has 16 heavy (non-hydrogen) atoms. The third kappa shape index (κ3) is 2.33. The predicted molar refractivity (Wildman–Crippen MR) is 70.3 cm³/mol. The number of para-hydroxylation sites is 1. The Morgan fingerprint density at radius 2 is 2.12 bits per heavy atom. The Bertz CT molecular complexity index is 354. The van der Waals surface area contributed by atoms with Crippen LogP contribution in [-0.4, -0.2) is 25.7 Å². The zero-order valence-electron chi connectivity index (χ0n) is 9.91. The summed E-state index contributed by atoms with van der Waals surface area (Å²) in [4.78, 5) is 2.41. The molecule has 0 aromatic heterocycles. The van der Waals surface area contributed by atoms with Crippen LogP contribution in [0.1, 0.15) is 19.8 Å². The van der Waals surface area contributed by atoms with Gasteiger partial charge in [-0.25, -0.2) is 0 Å². The van der Waals surface area contributed by atoms with Crippen LogP contribution in [0.2, 0.25) is 5.02 Å². The van der Waals surface area contributed by atoms with Crippen molar-refractivity contribution >= 4 is 17.3 Å². The summed E-state index contributed by atoms with van der Waals surface area (Å²) in [5, 5.41) is 4.22. The summed E-state index contributed by atoms with van der Waals surface area (Å²) in [6.45, 7) is 3.35. The molecule has 0 saturated carbocycles. The molecule has 2 atom stereocenters. The number of benzene rings is 1. The van der Waals surface area contributed by atoms with E-state index in [0.29, 0.717) is 12.1 Å². The molecule has 0 spiro atoms. The standard InChI is InChI=1S/C13H19ClN2/c1-10-9-11(15-2)7-8-16(10)13-6-4-3-5-12(13)14/h3-6,10-11,15H,7-9H2,1-2H3. The van der Waals surface area contributed by atoms with Crippen molar-refractivity contribution in [2.24, 2.45) is 0 Å². The Balaban J connectivity index is 2.14. The Labute approximate surface area is 103 Å². The van der Waals surface area contributed by atoms with Crippen molar-refractivity contribution in [3.8, 4) is 0 Å². The Morgan fingerprint density at radius 3 is 2.75 bits per heavy atom. The first-order valence-electron chi connectivity index (χ1n) is 5.91. The van der Waals surface area contributed by atoms with Gasteiger partial charge in [0.2, 0.25) is 0 Å². The van der Waals surface area contributed by atoms with Gasteiger partial charge in [-0.1, -0.05) is 23.7 Å². The zero-order valence-corrected chi connectivity index (χ0v) is 10.7. The van der Waals surface area contributed by atoms with Gasteiger partial charge in [0.1, 0.15) is 0 Å². The molecule has 0 radical (unpaired) electrons. The minimum atomic E-state index is 0.547. The molecule has 0 amide bonds. The van der Waals surface area contributed by atoms with Crippen LogP contribution in [0.4, 0.5) is 5.69 Å². The van der Waals surface area contributed by atoms with Crippen molar-refractivity contribution in [2.75, 3.05) is 18.5 Å². The maximum Gasteiger partial charge on any atom is 0.0639 e. The minimum absolute atomic E-state index is 0.547. The van der Waals surface area contributed by atoms with E-state index in [9.17, 15) is 0 Å². The van der Waals surface area contributed by atoms with E-state index in [0.717, 1.165) is 11.6 Å². The summed E-state index contributed by atoms with van der Waals surface area (Å²) in [7, 11) is 2.04. The van der Waals surface area contributed by atoms with Crippen LogP contribution >= 0.6 is 11.6 Å². The molecule has 2 unspecified atom stereocenters. The van der Waals surface area contributed by atoms with Gasteiger partial charge in [-0.3, -0.25) is 0 Å². The highest BCUT2D eigenvalue weighted by molar-refractivity contribution is 6.33. The molecule has 88 valence electrons. The first-order chi connectivity index (χ1) is 7.72. The second-order valence-corrected chi connectivity index (χ2v) is 4.91. The Morgan fingerprint density at radius 1 is 1.38 bits per heavy atom. The molecule has 1 saturated heterocycles. The number of hydrogen-bond donors (Lipinski definition) is 1. The van der Waals surface area contributed by atoms with Crippen molar-refractivity contribution in [1.29, 1.82) is 0 Å². The lowest BCUT2D eigenvalue weighted by molar-refractivity contribution is 0.387. The fourth-order valence-electron chi connectivity index (χ4n) is 2.48. The monoisotopic (exact) mass is 238 g/mol. The summed E-state index contributed by atoms with van der Waals surface area (Å²) in [6, 6.07) is 9.31. The van der Waals surface area contributed by atoms with Gasteiger partial charge in [0.05, 0.1) is 10.7 Å². The quantitative estimate of drug-likeness (QED) is 0.853. The fraction of sp³-hybridized carbons (Fsp3) is 0.538. The van der Waals surface area contributed by atoms with Crippen molar-refractivity contribution in [1.82, 2.24) is 5.32 Å². The van der Waals surface area contributed by atoms with Crippen LogP contribution in [-0.2, 0) is 0 Å². The number of nitrogens with one attached hydrogen (secondary N) is 1. The first-order valence-corrected chi connectivity index (χ1v) is 6.28. The topological polar surface area (TPSA) is 15.3 Å². The van der Waals surface area contributed by atoms with Crippen LogP contribution in [0, 0.1) is 0 Å². The average molecular weight is 239 g/mol. The van der Waals surface area contributed by atoms with Gasteiger partial charge in [0.25, 0.3) is 0 Å². The second kappa shape index (κ2) is 5.07. The smallest absolute Gasteiger partial charge is 0.0639 e. The normalized spacial score (nSPS) is 25.8. The van der Waals surface area contributed by atoms with E-state index < -0.39 is 0 Å². The van der Waals surface area contributed by atoms with Crippen molar-refractivity contribution in [2.45, 2.75) is 31.8 Å². The number of rotatable bonds is 2. The van der Waals surface area contributed by atoms with Crippen LogP contribution < -0.4 is 10.2 Å². The van der Waals surface area contributed by atoms with Gasteiger partial charge in [-0.2, -0.15) is 0 Å². The van der Waals surface area contributed by atoms with Crippen LogP contribution in [0.5, 0.6) is 0 Å². The SMILES string of the molecule is CNC1CCN(c2ccccc2Cl)C(C)C1. The van der Waals surface area contributed by atoms with Crippen LogP contribution in [0.3, 0.4) is 0 Å². The van der Waals surface area contributed by atoms with Gasteiger partial charge >= 0.3 is 0 Å². The molecule has 1 aromatic rings. The second-order valence-electron chi connectivity index (χ2n) is 4.50. The predicted octanol–water partition coefficient (Wildman–Crippen LogP) is 2.92. The molecule has 2 nitrogen and oxygen atoms in total. The third-order valence-electron chi connectivity index (χ3n) is 3.45. The number of nitrogens with zero attached hydrogens (tertiary/aromatic N) is 1. The van der Waals surface area contributed by atoms with Crippen molar-refractivity contribution < 1.29 is 0 Å².